The third-order valence-electron chi connectivity index (χ3n) is 10.9. The Bertz CT molecular complexity index is 814. The van der Waals surface area contributed by atoms with Crippen LogP contribution in [0.25, 0.3) is 0 Å². The first kappa shape index (κ1) is 19.8. The highest BCUT2D eigenvalue weighted by molar-refractivity contribution is 5.66. The number of ether oxygens (including phenoxy) is 3. The summed E-state index contributed by atoms with van der Waals surface area (Å²) in [4.78, 5) is 12.2. The van der Waals surface area contributed by atoms with Gasteiger partial charge < -0.3 is 19.3 Å². The van der Waals surface area contributed by atoms with E-state index in [-0.39, 0.29) is 40.3 Å². The second-order valence-electron chi connectivity index (χ2n) is 11.6. The van der Waals surface area contributed by atoms with Crippen LogP contribution in [-0.4, -0.2) is 42.3 Å². The Kier molecular flexibility index (Phi) is 3.89. The summed E-state index contributed by atoms with van der Waals surface area (Å²) in [7, 11) is 0. The Morgan fingerprint density at radius 3 is 2.60 bits per heavy atom. The number of hydrogen-bond acceptors (Lipinski definition) is 5. The van der Waals surface area contributed by atoms with Crippen LogP contribution in [0.1, 0.15) is 66.2 Å². The minimum Gasteiger partial charge on any atom is -0.462 e. The highest BCUT2D eigenvalue weighted by atomic mass is 16.7. The Balaban J connectivity index is 1.43. The maximum atomic E-state index is 12.2. The predicted octanol–water partition coefficient (Wildman–Crippen LogP) is 3.84. The van der Waals surface area contributed by atoms with Gasteiger partial charge in [-0.15, -0.1) is 0 Å². The van der Waals surface area contributed by atoms with Gasteiger partial charge in [-0.25, -0.2) is 0 Å². The van der Waals surface area contributed by atoms with Gasteiger partial charge in [0.15, 0.2) is 5.79 Å². The lowest BCUT2D eigenvalue weighted by Crippen LogP contribution is -2.60. The van der Waals surface area contributed by atoms with Gasteiger partial charge in [0.2, 0.25) is 0 Å². The average Bonchev–Trinajstić information content (AvgIpc) is 2.93. The lowest BCUT2D eigenvalue weighted by atomic mass is 9.46. The molecule has 0 bridgehead atoms. The standard InChI is InChI=1S/C25H36O5/c1-14(26)30-21-12-18-16(11-20(27)25-13-15(25)7-8-22(18,25)2)17-5-6-19(23(17,21)3)24(4)28-9-10-29-24/h5,15-16,18-21,27H,6-13H2,1-4H3/t15-,16?,18?,19?,20-,21-,22-,23+,25?/m1/s1. The number of carbonyl (C=O) groups excluding carboxylic acids is 1. The van der Waals surface area contributed by atoms with Gasteiger partial charge in [-0.05, 0) is 68.6 Å². The Labute approximate surface area is 179 Å². The Hall–Kier alpha value is -0.910. The molecule has 0 aromatic rings. The van der Waals surface area contributed by atoms with E-state index in [2.05, 4.69) is 26.8 Å². The summed E-state index contributed by atoms with van der Waals surface area (Å²) in [5.41, 5.74) is 1.34. The monoisotopic (exact) mass is 416 g/mol. The van der Waals surface area contributed by atoms with E-state index in [0.717, 1.165) is 19.3 Å². The Morgan fingerprint density at radius 2 is 1.93 bits per heavy atom. The number of aliphatic hydroxyl groups excluding tert-OH is 1. The fourth-order valence-electron chi connectivity index (χ4n) is 9.47. The third-order valence-corrected chi connectivity index (χ3v) is 10.9. The van der Waals surface area contributed by atoms with Gasteiger partial charge in [0.25, 0.3) is 0 Å². The highest BCUT2D eigenvalue weighted by Crippen LogP contribution is 2.81. The summed E-state index contributed by atoms with van der Waals surface area (Å²) < 4.78 is 18.3. The molecule has 5 heteroatoms. The minimum atomic E-state index is -0.647. The fraction of sp³-hybridized carbons (Fsp3) is 0.880. The predicted molar refractivity (Wildman–Crippen MR) is 110 cm³/mol. The van der Waals surface area contributed by atoms with Crippen LogP contribution in [-0.2, 0) is 19.0 Å². The SMILES string of the molecule is CC(=O)O[C@@H]1CC2C(C[C@@H](O)C34C[C@H]3CC[C@]24C)C2=CCC(C3(C)OCCO3)[C@]21C. The molecule has 30 heavy (non-hydrogen) atoms. The van der Waals surface area contributed by atoms with E-state index in [1.54, 1.807) is 0 Å². The maximum Gasteiger partial charge on any atom is 0.302 e. The van der Waals surface area contributed by atoms with E-state index < -0.39 is 5.79 Å². The van der Waals surface area contributed by atoms with E-state index in [0.29, 0.717) is 31.0 Å². The molecule has 0 aromatic heterocycles. The molecule has 5 fully saturated rings. The number of carbonyl (C=O) groups is 1. The molecule has 5 aliphatic carbocycles. The zero-order chi connectivity index (χ0) is 21.1. The summed E-state index contributed by atoms with van der Waals surface area (Å²) in [5.74, 6) is 0.797. The van der Waals surface area contributed by atoms with Crippen molar-refractivity contribution in [1.82, 2.24) is 0 Å². The topological polar surface area (TPSA) is 65.0 Å². The van der Waals surface area contributed by atoms with E-state index in [4.69, 9.17) is 14.2 Å². The molecule has 4 unspecified atom stereocenters. The minimum absolute atomic E-state index is 0.116. The van der Waals surface area contributed by atoms with Crippen molar-refractivity contribution in [3.8, 4) is 0 Å². The van der Waals surface area contributed by atoms with Gasteiger partial charge in [0.1, 0.15) is 6.10 Å². The molecule has 1 aliphatic heterocycles. The first-order valence-corrected chi connectivity index (χ1v) is 12.0. The van der Waals surface area contributed by atoms with Gasteiger partial charge >= 0.3 is 5.97 Å². The van der Waals surface area contributed by atoms with E-state index in [1.165, 1.54) is 31.8 Å². The highest BCUT2D eigenvalue weighted by Gasteiger charge is 2.78. The molecule has 1 N–H and O–H groups in total. The van der Waals surface area contributed by atoms with Crippen LogP contribution in [0.15, 0.2) is 11.6 Å². The van der Waals surface area contributed by atoms with Crippen molar-refractivity contribution < 1.29 is 24.1 Å². The summed E-state index contributed by atoms with van der Waals surface area (Å²) in [5, 5.41) is 11.4. The summed E-state index contributed by atoms with van der Waals surface area (Å²) in [6, 6.07) is 0. The van der Waals surface area contributed by atoms with Crippen molar-refractivity contribution in [2.24, 2.45) is 39.9 Å². The van der Waals surface area contributed by atoms with Gasteiger partial charge in [0, 0.05) is 23.7 Å². The van der Waals surface area contributed by atoms with Crippen LogP contribution >= 0.6 is 0 Å². The molecule has 1 saturated heterocycles. The molecule has 0 radical (unpaired) electrons. The summed E-state index contributed by atoms with van der Waals surface area (Å²) >= 11 is 0. The van der Waals surface area contributed by atoms with Gasteiger partial charge in [-0.3, -0.25) is 4.79 Å². The molecule has 9 atom stereocenters. The molecular weight excluding hydrogens is 380 g/mol. The zero-order valence-electron chi connectivity index (χ0n) is 18.8. The second kappa shape index (κ2) is 5.90. The van der Waals surface area contributed by atoms with Crippen LogP contribution in [0.3, 0.4) is 0 Å². The van der Waals surface area contributed by atoms with Crippen molar-refractivity contribution in [3.63, 3.8) is 0 Å². The Morgan fingerprint density at radius 1 is 1.20 bits per heavy atom. The van der Waals surface area contributed by atoms with Crippen molar-refractivity contribution in [2.75, 3.05) is 13.2 Å². The normalized spacial score (nSPS) is 55.2. The molecule has 6 aliphatic rings. The quantitative estimate of drug-likeness (QED) is 0.547. The van der Waals surface area contributed by atoms with Crippen LogP contribution in [0.2, 0.25) is 0 Å². The molecule has 4 saturated carbocycles. The number of rotatable bonds is 2. The number of allylic oxidation sites excluding steroid dienone is 1. The van der Waals surface area contributed by atoms with Gasteiger partial charge in [-0.1, -0.05) is 25.5 Å². The molecule has 1 spiro atoms. The molecule has 0 amide bonds. The maximum absolute atomic E-state index is 12.2. The first-order chi connectivity index (χ1) is 14.2. The van der Waals surface area contributed by atoms with E-state index in [9.17, 15) is 9.90 Å². The summed E-state index contributed by atoms with van der Waals surface area (Å²) in [6.45, 7) is 9.52. The van der Waals surface area contributed by atoms with Gasteiger partial charge in [-0.2, -0.15) is 0 Å². The molecule has 1 heterocycles. The van der Waals surface area contributed by atoms with Crippen molar-refractivity contribution >= 4 is 5.97 Å². The van der Waals surface area contributed by atoms with Crippen molar-refractivity contribution in [3.05, 3.63) is 11.6 Å². The van der Waals surface area contributed by atoms with Gasteiger partial charge in [0.05, 0.1) is 19.3 Å². The third kappa shape index (κ3) is 2.13. The van der Waals surface area contributed by atoms with Crippen LogP contribution < -0.4 is 0 Å². The smallest absolute Gasteiger partial charge is 0.302 e. The largest absolute Gasteiger partial charge is 0.462 e. The van der Waals surface area contributed by atoms with Crippen LogP contribution in [0, 0.1) is 39.9 Å². The molecular formula is C25H36O5. The number of fused-ring (bicyclic) bond motifs is 4. The van der Waals surface area contributed by atoms with Crippen molar-refractivity contribution in [1.29, 1.82) is 0 Å². The van der Waals surface area contributed by atoms with Crippen molar-refractivity contribution in [2.45, 2.75) is 84.2 Å². The zero-order valence-corrected chi connectivity index (χ0v) is 18.8. The number of aliphatic hydroxyl groups is 1. The molecule has 0 aromatic carbocycles. The summed E-state index contributed by atoms with van der Waals surface area (Å²) in [6.07, 6.45) is 8.27. The molecule has 6 rings (SSSR count). The lowest BCUT2D eigenvalue weighted by Gasteiger charge is -2.61. The molecule has 5 nitrogen and oxygen atoms in total. The molecule has 166 valence electrons. The number of esters is 1. The second-order valence-corrected chi connectivity index (χ2v) is 11.6. The van der Waals surface area contributed by atoms with E-state index >= 15 is 0 Å². The lowest BCUT2D eigenvalue weighted by molar-refractivity contribution is -0.228. The average molecular weight is 417 g/mol. The van der Waals surface area contributed by atoms with Crippen LogP contribution in [0.5, 0.6) is 0 Å². The first-order valence-electron chi connectivity index (χ1n) is 12.0. The fourth-order valence-corrected chi connectivity index (χ4v) is 9.47. The van der Waals surface area contributed by atoms with E-state index in [1.807, 2.05) is 0 Å². The van der Waals surface area contributed by atoms with Crippen LogP contribution in [0.4, 0.5) is 0 Å². The number of hydrogen-bond donors (Lipinski definition) is 1.